The summed E-state index contributed by atoms with van der Waals surface area (Å²) in [7, 11) is 0. The predicted octanol–water partition coefficient (Wildman–Crippen LogP) is 3.26. The van der Waals surface area contributed by atoms with Crippen molar-refractivity contribution in [2.45, 2.75) is 39.0 Å². The second kappa shape index (κ2) is 7.58. The molecule has 2 aliphatic rings. The molecule has 2 fully saturated rings. The summed E-state index contributed by atoms with van der Waals surface area (Å²) in [4.78, 5) is 33.3. The largest absolute Gasteiger partial charge is 0.441 e. The highest BCUT2D eigenvalue weighted by atomic mass is 16.3. The molecule has 2 aromatic rings. The lowest BCUT2D eigenvalue weighted by atomic mass is 9.96. The Hall–Kier alpha value is -2.57. The van der Waals surface area contributed by atoms with Crippen molar-refractivity contribution in [3.8, 4) is 0 Å². The van der Waals surface area contributed by atoms with Crippen molar-refractivity contribution >= 4 is 28.7 Å². The maximum atomic E-state index is 12.6. The Bertz CT molecular complexity index is 833. The first-order valence-corrected chi connectivity index (χ1v) is 9.88. The van der Waals surface area contributed by atoms with Gasteiger partial charge in [-0.25, -0.2) is 9.78 Å². The number of benzene rings is 1. The molecule has 7 nitrogen and oxygen atoms in total. The maximum Gasteiger partial charge on any atom is 0.319 e. The Labute approximate surface area is 158 Å². The van der Waals surface area contributed by atoms with E-state index in [0.29, 0.717) is 31.8 Å². The Morgan fingerprint density at radius 1 is 1.15 bits per heavy atom. The van der Waals surface area contributed by atoms with Gasteiger partial charge in [0.15, 0.2) is 11.5 Å². The summed E-state index contributed by atoms with van der Waals surface area (Å²) >= 11 is 0. The molecule has 0 spiro atoms. The summed E-state index contributed by atoms with van der Waals surface area (Å²) in [6.07, 6.45) is 4.35. The van der Waals surface area contributed by atoms with Crippen LogP contribution >= 0.6 is 0 Å². The maximum absolute atomic E-state index is 12.6. The molecule has 0 saturated carbocycles. The van der Waals surface area contributed by atoms with Gasteiger partial charge in [-0.05, 0) is 43.9 Å². The van der Waals surface area contributed by atoms with Crippen molar-refractivity contribution in [3.05, 3.63) is 24.1 Å². The van der Waals surface area contributed by atoms with Crippen molar-refractivity contribution in [2.24, 2.45) is 5.92 Å². The average Bonchev–Trinajstić information content (AvgIpc) is 3.36. The molecule has 4 rings (SSSR count). The number of fused-ring (bicyclic) bond motifs is 1. The van der Waals surface area contributed by atoms with E-state index in [0.717, 1.165) is 49.1 Å². The van der Waals surface area contributed by atoms with Crippen molar-refractivity contribution in [3.63, 3.8) is 0 Å². The predicted molar refractivity (Wildman–Crippen MR) is 103 cm³/mol. The van der Waals surface area contributed by atoms with Crippen LogP contribution < -0.4 is 5.32 Å². The van der Waals surface area contributed by atoms with E-state index in [1.54, 1.807) is 0 Å². The normalized spacial score (nSPS) is 18.3. The van der Waals surface area contributed by atoms with Gasteiger partial charge in [0.05, 0.1) is 0 Å². The third-order valence-corrected chi connectivity index (χ3v) is 5.51. The lowest BCUT2D eigenvalue weighted by Gasteiger charge is -2.34. The highest BCUT2D eigenvalue weighted by molar-refractivity contribution is 5.94. The molecule has 1 aromatic heterocycles. The van der Waals surface area contributed by atoms with Crippen molar-refractivity contribution in [1.29, 1.82) is 0 Å². The molecular weight excluding hydrogens is 344 g/mol. The zero-order valence-electron chi connectivity index (χ0n) is 15.7. The highest BCUT2D eigenvalue weighted by Crippen LogP contribution is 2.24. The number of carbonyl (C=O) groups excluding carboxylic acids is 2. The van der Waals surface area contributed by atoms with E-state index < -0.39 is 0 Å². The number of nitrogens with one attached hydrogen (secondary N) is 1. The molecule has 2 aliphatic heterocycles. The van der Waals surface area contributed by atoms with E-state index in [2.05, 4.69) is 10.3 Å². The van der Waals surface area contributed by atoms with Gasteiger partial charge in [-0.15, -0.1) is 0 Å². The van der Waals surface area contributed by atoms with Crippen LogP contribution in [0, 0.1) is 5.92 Å². The number of carbonyl (C=O) groups is 2. The minimum Gasteiger partial charge on any atom is -0.441 e. The fraction of sp³-hybridized carbons (Fsp3) is 0.550. The summed E-state index contributed by atoms with van der Waals surface area (Å²) in [5.41, 5.74) is 2.23. The van der Waals surface area contributed by atoms with E-state index >= 15 is 0 Å². The molecule has 0 radical (unpaired) electrons. The zero-order chi connectivity index (χ0) is 18.8. The second-order valence-electron chi connectivity index (χ2n) is 7.37. The fourth-order valence-corrected chi connectivity index (χ4v) is 3.89. The second-order valence-corrected chi connectivity index (χ2v) is 7.37. The van der Waals surface area contributed by atoms with Crippen LogP contribution in [0.5, 0.6) is 0 Å². The summed E-state index contributed by atoms with van der Waals surface area (Å²) in [6.45, 7) is 5.02. The van der Waals surface area contributed by atoms with Crippen LogP contribution in [-0.2, 0) is 11.2 Å². The smallest absolute Gasteiger partial charge is 0.319 e. The topological polar surface area (TPSA) is 78.7 Å². The molecule has 0 bridgehead atoms. The molecular formula is C20H26N4O3. The van der Waals surface area contributed by atoms with Crippen LogP contribution in [0.4, 0.5) is 10.5 Å². The molecule has 0 unspecified atom stereocenters. The number of aromatic nitrogens is 1. The lowest BCUT2D eigenvalue weighted by Crippen LogP contribution is -2.47. The number of aryl methyl sites for hydroxylation is 1. The number of rotatable bonds is 3. The van der Waals surface area contributed by atoms with Gasteiger partial charge in [-0.1, -0.05) is 6.92 Å². The minimum atomic E-state index is -0.0631. The van der Waals surface area contributed by atoms with Gasteiger partial charge in [-0.3, -0.25) is 4.79 Å². The third-order valence-electron chi connectivity index (χ3n) is 5.51. The van der Waals surface area contributed by atoms with Crippen LogP contribution in [0.2, 0.25) is 0 Å². The van der Waals surface area contributed by atoms with E-state index in [4.69, 9.17) is 4.42 Å². The minimum absolute atomic E-state index is 0.0156. The van der Waals surface area contributed by atoms with E-state index in [-0.39, 0.29) is 17.9 Å². The van der Waals surface area contributed by atoms with Crippen molar-refractivity contribution < 1.29 is 14.0 Å². The number of likely N-dealkylation sites (tertiary alicyclic amines) is 2. The van der Waals surface area contributed by atoms with Gasteiger partial charge in [-0.2, -0.15) is 0 Å². The van der Waals surface area contributed by atoms with Crippen molar-refractivity contribution in [2.75, 3.05) is 31.5 Å². The van der Waals surface area contributed by atoms with Crippen LogP contribution in [-0.4, -0.2) is 52.9 Å². The first kappa shape index (κ1) is 17.8. The molecule has 1 aromatic carbocycles. The number of hydrogen-bond acceptors (Lipinski definition) is 4. The van der Waals surface area contributed by atoms with Gasteiger partial charge in [0, 0.05) is 44.2 Å². The number of urea groups is 1. The van der Waals surface area contributed by atoms with E-state index in [1.807, 2.05) is 34.9 Å². The summed E-state index contributed by atoms with van der Waals surface area (Å²) < 4.78 is 5.60. The summed E-state index contributed by atoms with van der Waals surface area (Å²) in [5.74, 6) is 0.650. The first-order valence-electron chi connectivity index (χ1n) is 9.88. The number of piperidine rings is 1. The number of oxazole rings is 1. The van der Waals surface area contributed by atoms with Crippen molar-refractivity contribution in [1.82, 2.24) is 14.8 Å². The van der Waals surface area contributed by atoms with Crippen LogP contribution in [0.15, 0.2) is 22.6 Å². The number of nitrogens with zero attached hydrogens (tertiary/aromatic N) is 3. The molecule has 3 amide bonds. The molecule has 0 aliphatic carbocycles. The number of hydrogen-bond donors (Lipinski definition) is 1. The van der Waals surface area contributed by atoms with Gasteiger partial charge in [0.1, 0.15) is 5.52 Å². The van der Waals surface area contributed by atoms with Crippen LogP contribution in [0.1, 0.15) is 38.5 Å². The van der Waals surface area contributed by atoms with E-state index in [9.17, 15) is 9.59 Å². The number of amides is 3. The molecule has 0 atom stereocenters. The van der Waals surface area contributed by atoms with E-state index in [1.165, 1.54) is 0 Å². The lowest BCUT2D eigenvalue weighted by molar-refractivity contribution is -0.121. The van der Waals surface area contributed by atoms with Crippen LogP contribution in [0.25, 0.3) is 11.1 Å². The molecule has 144 valence electrons. The molecule has 1 N–H and O–H groups in total. The molecule has 2 saturated heterocycles. The Morgan fingerprint density at radius 2 is 1.85 bits per heavy atom. The van der Waals surface area contributed by atoms with Gasteiger partial charge < -0.3 is 19.5 Å². The standard InChI is InChI=1S/C20H26N4O3/c1-2-18-22-16-13-15(5-6-17(16)27-18)21-19(25)14-7-11-24(12-8-14)20(26)23-9-3-4-10-23/h5-6,13-14H,2-4,7-12H2,1H3,(H,21,25). The molecule has 3 heterocycles. The zero-order valence-corrected chi connectivity index (χ0v) is 15.7. The average molecular weight is 370 g/mol. The van der Waals surface area contributed by atoms with Gasteiger partial charge in [0.25, 0.3) is 0 Å². The SMILES string of the molecule is CCc1nc2cc(NC(=O)C3CCN(C(=O)N4CCCC4)CC3)ccc2o1. The van der Waals surface area contributed by atoms with Crippen LogP contribution in [0.3, 0.4) is 0 Å². The Morgan fingerprint density at radius 3 is 2.56 bits per heavy atom. The molecule has 27 heavy (non-hydrogen) atoms. The third kappa shape index (κ3) is 3.77. The summed E-state index contributed by atoms with van der Waals surface area (Å²) in [5, 5.41) is 3.00. The van der Waals surface area contributed by atoms with Gasteiger partial charge >= 0.3 is 6.03 Å². The fourth-order valence-electron chi connectivity index (χ4n) is 3.89. The number of anilines is 1. The Balaban J connectivity index is 1.33. The summed E-state index contributed by atoms with van der Waals surface area (Å²) in [6, 6.07) is 5.67. The molecule has 7 heteroatoms. The first-order chi connectivity index (χ1) is 13.1. The highest BCUT2D eigenvalue weighted by Gasteiger charge is 2.30. The quantitative estimate of drug-likeness (QED) is 0.899. The Kier molecular flexibility index (Phi) is 5.01. The van der Waals surface area contributed by atoms with Gasteiger partial charge in [0.2, 0.25) is 5.91 Å². The monoisotopic (exact) mass is 370 g/mol.